The topological polar surface area (TPSA) is 104 Å². The van der Waals surface area contributed by atoms with Crippen molar-refractivity contribution < 1.29 is 14.1 Å². The Balaban J connectivity index is 1.53. The highest BCUT2D eigenvalue weighted by molar-refractivity contribution is 7.92. The lowest BCUT2D eigenvalue weighted by Gasteiger charge is -2.15. The van der Waals surface area contributed by atoms with Gasteiger partial charge in [0.15, 0.2) is 0 Å². The summed E-state index contributed by atoms with van der Waals surface area (Å²) in [5, 5.41) is 13.0. The molecule has 0 saturated heterocycles. The van der Waals surface area contributed by atoms with Crippen LogP contribution in [0.15, 0.2) is 33.8 Å². The third kappa shape index (κ3) is 2.67. The second kappa shape index (κ2) is 6.12. The van der Waals surface area contributed by atoms with E-state index >= 15 is 0 Å². The van der Waals surface area contributed by atoms with E-state index in [1.807, 2.05) is 0 Å². The molecule has 1 aromatic carbocycles. The number of carbonyl (C=O) groups is 1. The minimum atomic E-state index is -3.24. The molecule has 1 aliphatic heterocycles. The SMILES string of the molecule is O=C(N=S1(=O)NC(O)c2cnccc21)Nc1c2c(cc3c1CCC3)CCC2. The van der Waals surface area contributed by atoms with Crippen LogP contribution in [0.5, 0.6) is 0 Å². The normalized spacial score (nSPS) is 25.0. The van der Waals surface area contributed by atoms with Crippen molar-refractivity contribution in [3.05, 3.63) is 52.3 Å². The van der Waals surface area contributed by atoms with Gasteiger partial charge in [0.2, 0.25) is 0 Å². The van der Waals surface area contributed by atoms with Crippen LogP contribution in [0.2, 0.25) is 0 Å². The number of nitrogens with zero attached hydrogens (tertiary/aromatic N) is 2. The standard InChI is InChI=1S/C19H20N4O3S/c24-18-15-10-20-8-7-16(15)27(26,22-18)23-19(25)21-17-13-5-1-3-11(13)9-12-4-2-6-14(12)17/h7-10,18,24H,1-6H2,(H2,21,22,23,25,26). The van der Waals surface area contributed by atoms with Crippen LogP contribution in [0.25, 0.3) is 0 Å². The van der Waals surface area contributed by atoms with Gasteiger partial charge in [-0.2, -0.15) is 4.72 Å². The van der Waals surface area contributed by atoms with Crippen LogP contribution in [0.1, 0.15) is 46.9 Å². The van der Waals surface area contributed by atoms with E-state index < -0.39 is 22.2 Å². The number of benzene rings is 1. The molecule has 140 valence electrons. The van der Waals surface area contributed by atoms with Crippen LogP contribution in [0.4, 0.5) is 10.5 Å². The maximum absolute atomic E-state index is 13.2. The Morgan fingerprint density at radius 2 is 1.93 bits per heavy atom. The lowest BCUT2D eigenvalue weighted by Crippen LogP contribution is -2.22. The van der Waals surface area contributed by atoms with E-state index in [0.29, 0.717) is 10.5 Å². The van der Waals surface area contributed by atoms with Gasteiger partial charge in [0.1, 0.15) is 16.1 Å². The lowest BCUT2D eigenvalue weighted by atomic mass is 9.99. The molecule has 3 aliphatic rings. The molecule has 0 saturated carbocycles. The number of aliphatic hydroxyl groups excluding tert-OH is 1. The van der Waals surface area contributed by atoms with Crippen molar-refractivity contribution in [3.63, 3.8) is 0 Å². The molecule has 1 aromatic heterocycles. The zero-order chi connectivity index (χ0) is 18.6. The molecule has 5 rings (SSSR count). The Labute approximate surface area is 157 Å². The lowest BCUT2D eigenvalue weighted by molar-refractivity contribution is 0.171. The maximum atomic E-state index is 13.2. The summed E-state index contributed by atoms with van der Waals surface area (Å²) in [6, 6.07) is 3.16. The Hall–Kier alpha value is -2.29. The van der Waals surface area contributed by atoms with Crippen LogP contribution in [-0.4, -0.2) is 20.3 Å². The molecule has 2 heterocycles. The second-order valence-electron chi connectivity index (χ2n) is 7.22. The summed E-state index contributed by atoms with van der Waals surface area (Å²) in [4.78, 5) is 16.9. The van der Waals surface area contributed by atoms with Crippen molar-refractivity contribution in [1.82, 2.24) is 9.71 Å². The van der Waals surface area contributed by atoms with Gasteiger partial charge in [-0.3, -0.25) is 4.98 Å². The fraction of sp³-hybridized carbons (Fsp3) is 0.368. The highest BCUT2D eigenvalue weighted by Gasteiger charge is 2.32. The number of anilines is 1. The molecule has 2 atom stereocenters. The van der Waals surface area contributed by atoms with Gasteiger partial charge in [0.05, 0.1) is 4.90 Å². The van der Waals surface area contributed by atoms with E-state index in [4.69, 9.17) is 0 Å². The average molecular weight is 384 g/mol. The molecule has 0 fully saturated rings. The van der Waals surface area contributed by atoms with Gasteiger partial charge >= 0.3 is 6.03 Å². The highest BCUT2D eigenvalue weighted by Crippen LogP contribution is 2.39. The Morgan fingerprint density at radius 1 is 1.22 bits per heavy atom. The first kappa shape index (κ1) is 16.9. The minimum absolute atomic E-state index is 0.309. The van der Waals surface area contributed by atoms with Crippen LogP contribution in [-0.2, 0) is 35.6 Å². The van der Waals surface area contributed by atoms with Crippen molar-refractivity contribution in [2.75, 3.05) is 5.32 Å². The summed E-state index contributed by atoms with van der Waals surface area (Å²) in [6.07, 6.45) is 7.89. The molecule has 7 nitrogen and oxygen atoms in total. The van der Waals surface area contributed by atoms with Gasteiger partial charge in [-0.05, 0) is 66.8 Å². The first-order valence-electron chi connectivity index (χ1n) is 9.19. The van der Waals surface area contributed by atoms with Crippen molar-refractivity contribution in [2.24, 2.45) is 4.36 Å². The second-order valence-corrected chi connectivity index (χ2v) is 9.12. The number of rotatable bonds is 1. The van der Waals surface area contributed by atoms with Crippen molar-refractivity contribution in [3.8, 4) is 0 Å². The van der Waals surface area contributed by atoms with Crippen LogP contribution < -0.4 is 10.0 Å². The first-order chi connectivity index (χ1) is 13.0. The van der Waals surface area contributed by atoms with Crippen molar-refractivity contribution >= 4 is 21.6 Å². The number of urea groups is 1. The third-order valence-electron chi connectivity index (χ3n) is 5.59. The molecule has 8 heteroatoms. The van der Waals surface area contributed by atoms with Gasteiger partial charge < -0.3 is 10.4 Å². The van der Waals surface area contributed by atoms with Gasteiger partial charge in [-0.25, -0.2) is 9.00 Å². The molecule has 0 radical (unpaired) electrons. The monoisotopic (exact) mass is 384 g/mol. The maximum Gasteiger partial charge on any atom is 0.354 e. The van der Waals surface area contributed by atoms with E-state index in [1.54, 1.807) is 0 Å². The molecule has 2 unspecified atom stereocenters. The number of carbonyl (C=O) groups excluding carboxylic acids is 1. The number of pyridine rings is 1. The van der Waals surface area contributed by atoms with E-state index in [-0.39, 0.29) is 0 Å². The van der Waals surface area contributed by atoms with Crippen LogP contribution >= 0.6 is 0 Å². The number of nitrogens with one attached hydrogen (secondary N) is 2. The van der Waals surface area contributed by atoms with E-state index in [9.17, 15) is 14.1 Å². The number of fused-ring (bicyclic) bond motifs is 3. The molecular formula is C19H20N4O3S. The minimum Gasteiger partial charge on any atom is -0.373 e. The van der Waals surface area contributed by atoms with E-state index in [1.165, 1.54) is 40.7 Å². The summed E-state index contributed by atoms with van der Waals surface area (Å²) >= 11 is 0. The number of amides is 2. The zero-order valence-electron chi connectivity index (χ0n) is 14.7. The molecule has 27 heavy (non-hydrogen) atoms. The third-order valence-corrected chi connectivity index (χ3v) is 7.52. The molecule has 0 spiro atoms. The van der Waals surface area contributed by atoms with Crippen LogP contribution in [0, 0.1) is 0 Å². The summed E-state index contributed by atoms with van der Waals surface area (Å²) in [6.45, 7) is 0. The number of aryl methyl sites for hydroxylation is 2. The van der Waals surface area contributed by atoms with Crippen LogP contribution in [0.3, 0.4) is 0 Å². The fourth-order valence-corrected chi connectivity index (χ4v) is 6.13. The summed E-state index contributed by atoms with van der Waals surface area (Å²) in [5.74, 6) is 0. The predicted molar refractivity (Wildman–Crippen MR) is 101 cm³/mol. The van der Waals surface area contributed by atoms with Gasteiger partial charge in [0, 0.05) is 23.6 Å². The largest absolute Gasteiger partial charge is 0.373 e. The zero-order valence-corrected chi connectivity index (χ0v) is 15.5. The fourth-order valence-electron chi connectivity index (χ4n) is 4.42. The molecular weight excluding hydrogens is 364 g/mol. The number of hydrogen-bond acceptors (Lipinski definition) is 4. The van der Waals surface area contributed by atoms with Gasteiger partial charge in [0.25, 0.3) is 0 Å². The molecule has 2 amide bonds. The highest BCUT2D eigenvalue weighted by atomic mass is 32.2. The number of aromatic nitrogens is 1. The quantitative estimate of drug-likeness (QED) is 0.703. The Bertz CT molecular complexity index is 1060. The van der Waals surface area contributed by atoms with E-state index in [2.05, 4.69) is 25.5 Å². The Morgan fingerprint density at radius 3 is 2.63 bits per heavy atom. The van der Waals surface area contributed by atoms with E-state index in [0.717, 1.165) is 44.2 Å². The number of hydrogen-bond donors (Lipinski definition) is 3. The molecule has 2 aromatic rings. The first-order valence-corrected chi connectivity index (χ1v) is 10.7. The van der Waals surface area contributed by atoms with Crippen molar-refractivity contribution in [2.45, 2.75) is 49.6 Å². The average Bonchev–Trinajstić information content (AvgIpc) is 3.34. The smallest absolute Gasteiger partial charge is 0.354 e. The molecule has 3 N–H and O–H groups in total. The summed E-state index contributed by atoms with van der Waals surface area (Å²) in [7, 11) is -3.24. The molecule has 0 bridgehead atoms. The van der Waals surface area contributed by atoms with Crippen molar-refractivity contribution in [1.29, 1.82) is 0 Å². The number of aliphatic hydroxyl groups is 1. The predicted octanol–water partition coefficient (Wildman–Crippen LogP) is 2.63. The summed E-state index contributed by atoms with van der Waals surface area (Å²) in [5.41, 5.74) is 6.25. The van der Waals surface area contributed by atoms with Gasteiger partial charge in [-0.15, -0.1) is 4.36 Å². The van der Waals surface area contributed by atoms with Gasteiger partial charge in [-0.1, -0.05) is 6.07 Å². The summed E-state index contributed by atoms with van der Waals surface area (Å²) < 4.78 is 19.6. The molecule has 2 aliphatic carbocycles. The Kier molecular flexibility index (Phi) is 3.82.